The maximum absolute atomic E-state index is 13.6. The summed E-state index contributed by atoms with van der Waals surface area (Å²) in [5.41, 5.74) is 6.54. The van der Waals surface area contributed by atoms with Crippen molar-refractivity contribution < 1.29 is 43.3 Å². The number of benzene rings is 3. The summed E-state index contributed by atoms with van der Waals surface area (Å²) in [5.74, 6) is -2.02. The van der Waals surface area contributed by atoms with Crippen LogP contribution < -0.4 is 15.5 Å². The smallest absolute Gasteiger partial charge is 0.355 e. The van der Waals surface area contributed by atoms with Crippen LogP contribution in [0.3, 0.4) is 0 Å². The highest BCUT2D eigenvalue weighted by atomic mass is 32.1. The van der Waals surface area contributed by atoms with Gasteiger partial charge in [-0.15, -0.1) is 27.8 Å². The first-order valence-corrected chi connectivity index (χ1v) is 23.9. The minimum atomic E-state index is -1.07. The quantitative estimate of drug-likeness (QED) is 0.0459. The van der Waals surface area contributed by atoms with Crippen molar-refractivity contribution in [2.45, 2.75) is 70.8 Å². The number of amides is 3. The number of carboxylic acids is 1. The predicted octanol–water partition coefficient (Wildman–Crippen LogP) is 5.09. The molecule has 3 aliphatic heterocycles. The largest absolute Gasteiger partial charge is 0.476 e. The van der Waals surface area contributed by atoms with E-state index in [1.807, 2.05) is 48.7 Å². The molecular weight excluding hydrogens is 899 g/mol. The third-order valence-corrected chi connectivity index (χ3v) is 14.1. The first-order valence-electron chi connectivity index (χ1n) is 22.3. The van der Waals surface area contributed by atoms with Gasteiger partial charge in [-0.25, -0.2) is 14.8 Å². The molecule has 0 spiro atoms. The lowest BCUT2D eigenvalue weighted by Gasteiger charge is -2.29. The number of imide groups is 1. The van der Waals surface area contributed by atoms with Crippen LogP contribution in [0.4, 0.5) is 10.8 Å². The highest BCUT2D eigenvalue weighted by Gasteiger charge is 2.40. The molecule has 1 unspecified atom stereocenters. The van der Waals surface area contributed by atoms with E-state index in [0.717, 1.165) is 44.0 Å². The Hall–Kier alpha value is -6.45. The number of carbonyl (C=O) groups is 5. The Bertz CT molecular complexity index is 2770. The molecule has 3 amide bonds. The number of thiazole rings is 2. The minimum absolute atomic E-state index is 0.0137. The zero-order chi connectivity index (χ0) is 46.3. The second-order valence-corrected chi connectivity index (χ2v) is 18.6. The third-order valence-electron chi connectivity index (χ3n) is 11.9. The lowest BCUT2D eigenvalue weighted by molar-refractivity contribution is -0.136. The number of rotatable bonds is 22. The average Bonchev–Trinajstić information content (AvgIpc) is 4.14. The van der Waals surface area contributed by atoms with E-state index in [2.05, 4.69) is 41.9 Å². The molecule has 0 saturated carbocycles. The Balaban J connectivity index is 0.661. The van der Waals surface area contributed by atoms with Crippen molar-refractivity contribution in [2.24, 2.45) is 0 Å². The molecule has 3 aromatic heterocycles. The molecule has 1 atom stereocenters. The number of aromatic nitrogens is 5. The number of hydrogen-bond acceptors (Lipinski definition) is 16. The highest BCUT2D eigenvalue weighted by molar-refractivity contribution is 7.18. The standard InChI is InChI=1S/C47H49N9O9S2/c57-38(24-42-49-36-9-1-2-11-39(36)66-42)31-7-3-6-29-15-18-54(26-33(29)31)47-51-43(46(61)62)40(67-47)12-5-17-55-25-30(52-53-55)28-65-23-22-64-21-20-63-19-16-48-35-10-4-8-32-34(35)27-56(45(32)60)37-13-14-41(58)50-44(37)59/h1-4,6-11,25,37,48H,5,12-24,26-28H2,(H,61,62)(H,50,58,59). The number of aromatic carboxylic acids is 1. The van der Waals surface area contributed by atoms with Gasteiger partial charge in [0.25, 0.3) is 5.91 Å². The normalized spacial score (nSPS) is 15.8. The summed E-state index contributed by atoms with van der Waals surface area (Å²) in [6, 6.07) is 18.5. The second-order valence-electron chi connectivity index (χ2n) is 16.4. The van der Waals surface area contributed by atoms with Gasteiger partial charge in [0.15, 0.2) is 16.6 Å². The number of para-hydroxylation sites is 1. The summed E-state index contributed by atoms with van der Waals surface area (Å²) in [6.45, 7) is 4.67. The second kappa shape index (κ2) is 21.0. The van der Waals surface area contributed by atoms with Crippen LogP contribution in [0.1, 0.15) is 82.7 Å². The van der Waals surface area contributed by atoms with Crippen LogP contribution in [0, 0.1) is 0 Å². The number of Topliss-reactive ketones (excluding diaryl/α,β-unsaturated/α-hetero) is 1. The fraction of sp³-hybridized carbons (Fsp3) is 0.383. The van der Waals surface area contributed by atoms with E-state index in [-0.39, 0.29) is 42.7 Å². The van der Waals surface area contributed by atoms with Gasteiger partial charge >= 0.3 is 5.97 Å². The van der Waals surface area contributed by atoms with Crippen molar-refractivity contribution in [2.75, 3.05) is 56.3 Å². The third kappa shape index (κ3) is 10.7. The molecule has 0 radical (unpaired) electrons. The molecule has 0 bridgehead atoms. The Labute approximate surface area is 393 Å². The molecule has 6 heterocycles. The molecule has 0 aliphatic carbocycles. The molecule has 3 aromatic carbocycles. The van der Waals surface area contributed by atoms with Crippen molar-refractivity contribution >= 4 is 73.2 Å². The van der Waals surface area contributed by atoms with Gasteiger partial charge in [0.05, 0.1) is 62.5 Å². The lowest BCUT2D eigenvalue weighted by atomic mass is 9.92. The summed E-state index contributed by atoms with van der Waals surface area (Å²) < 4.78 is 19.9. The highest BCUT2D eigenvalue weighted by Crippen LogP contribution is 2.35. The number of nitrogens with one attached hydrogen (secondary N) is 2. The van der Waals surface area contributed by atoms with Gasteiger partial charge in [0, 0.05) is 66.4 Å². The van der Waals surface area contributed by atoms with Gasteiger partial charge in [0.1, 0.15) is 16.7 Å². The van der Waals surface area contributed by atoms with Crippen LogP contribution in [0.25, 0.3) is 10.2 Å². The molecule has 348 valence electrons. The molecule has 6 aromatic rings. The van der Waals surface area contributed by atoms with Crippen LogP contribution in [0.5, 0.6) is 0 Å². The number of ether oxygens (including phenoxy) is 3. The number of piperidine rings is 1. The number of hydrogen-bond donors (Lipinski definition) is 3. The number of carbonyl (C=O) groups excluding carboxylic acids is 4. The first-order chi connectivity index (χ1) is 32.7. The number of aryl methyl sites for hydroxylation is 2. The van der Waals surface area contributed by atoms with Crippen LogP contribution in [-0.4, -0.2) is 117 Å². The Morgan fingerprint density at radius 3 is 2.54 bits per heavy atom. The van der Waals surface area contributed by atoms with E-state index < -0.39 is 17.9 Å². The average molecular weight is 948 g/mol. The van der Waals surface area contributed by atoms with E-state index in [0.29, 0.717) is 112 Å². The van der Waals surface area contributed by atoms with E-state index in [4.69, 9.17) is 14.2 Å². The van der Waals surface area contributed by atoms with Crippen LogP contribution in [-0.2, 0) is 69.3 Å². The van der Waals surface area contributed by atoms with Crippen molar-refractivity contribution in [3.8, 4) is 0 Å². The Morgan fingerprint density at radius 2 is 1.70 bits per heavy atom. The molecule has 18 nitrogen and oxygen atoms in total. The number of anilines is 2. The summed E-state index contributed by atoms with van der Waals surface area (Å²) in [7, 11) is 0. The van der Waals surface area contributed by atoms with Crippen LogP contribution >= 0.6 is 22.7 Å². The number of nitrogens with zero attached hydrogens (tertiary/aromatic N) is 7. The molecule has 9 rings (SSSR count). The molecule has 3 aliphatic rings. The van der Waals surface area contributed by atoms with Crippen molar-refractivity contribution in [1.82, 2.24) is 35.2 Å². The molecule has 20 heteroatoms. The maximum atomic E-state index is 13.6. The first kappa shape index (κ1) is 45.7. The van der Waals surface area contributed by atoms with E-state index in [9.17, 15) is 29.1 Å². The van der Waals surface area contributed by atoms with Gasteiger partial charge in [-0.1, -0.05) is 41.6 Å². The molecule has 1 saturated heterocycles. The monoisotopic (exact) mass is 947 g/mol. The zero-order valence-corrected chi connectivity index (χ0v) is 38.2. The van der Waals surface area contributed by atoms with Crippen LogP contribution in [0.2, 0.25) is 0 Å². The zero-order valence-electron chi connectivity index (χ0n) is 36.6. The van der Waals surface area contributed by atoms with E-state index >= 15 is 0 Å². The number of carboxylic acid groups (broad SMARTS) is 1. The molecular formula is C47H49N9O9S2. The summed E-state index contributed by atoms with van der Waals surface area (Å²) in [4.78, 5) is 76.5. The number of ketones is 1. The summed E-state index contributed by atoms with van der Waals surface area (Å²) in [5, 5.41) is 25.6. The van der Waals surface area contributed by atoms with Gasteiger partial charge in [0.2, 0.25) is 11.8 Å². The summed E-state index contributed by atoms with van der Waals surface area (Å²) >= 11 is 2.92. The van der Waals surface area contributed by atoms with Crippen molar-refractivity contribution in [3.05, 3.63) is 116 Å². The maximum Gasteiger partial charge on any atom is 0.355 e. The van der Waals surface area contributed by atoms with Gasteiger partial charge in [-0.2, -0.15) is 0 Å². The molecule has 67 heavy (non-hydrogen) atoms. The topological polar surface area (TPSA) is 220 Å². The lowest BCUT2D eigenvalue weighted by Crippen LogP contribution is -2.52. The SMILES string of the molecule is O=C1CCC(N2Cc3c(NCCOCCOCCOCc4cn(CCCc5sc(N6CCc7cccc(C(=O)Cc8nc9ccccc9s8)c7C6)nc5C(=O)O)nn4)cccc3C2=O)C(=O)N1. The fourth-order valence-electron chi connectivity index (χ4n) is 8.59. The van der Waals surface area contributed by atoms with Gasteiger partial charge < -0.3 is 34.4 Å². The minimum Gasteiger partial charge on any atom is -0.476 e. The van der Waals surface area contributed by atoms with E-state index in [1.54, 1.807) is 16.8 Å². The van der Waals surface area contributed by atoms with Crippen LogP contribution in [0.15, 0.2) is 66.9 Å². The fourth-order valence-corrected chi connectivity index (χ4v) is 10.7. The van der Waals surface area contributed by atoms with Crippen molar-refractivity contribution in [3.63, 3.8) is 0 Å². The van der Waals surface area contributed by atoms with Gasteiger partial charge in [-0.05, 0) is 61.1 Å². The van der Waals surface area contributed by atoms with Gasteiger partial charge in [-0.3, -0.25) is 29.2 Å². The summed E-state index contributed by atoms with van der Waals surface area (Å²) in [6.07, 6.45) is 4.41. The predicted molar refractivity (Wildman–Crippen MR) is 249 cm³/mol. The number of fused-ring (bicyclic) bond motifs is 3. The molecule has 3 N–H and O–H groups in total. The van der Waals surface area contributed by atoms with E-state index in [1.165, 1.54) is 27.6 Å². The Kier molecular flexibility index (Phi) is 14.3. The van der Waals surface area contributed by atoms with Crippen molar-refractivity contribution in [1.29, 1.82) is 0 Å². The molecule has 1 fully saturated rings. The Morgan fingerprint density at radius 1 is 0.881 bits per heavy atom.